The number of aliphatic hydroxyl groups is 1. The fraction of sp³-hybridized carbons (Fsp3) is 0.360. The Labute approximate surface area is 166 Å². The second kappa shape index (κ2) is 8.24. The summed E-state index contributed by atoms with van der Waals surface area (Å²) in [6, 6.07) is 18.8. The molecule has 1 unspecified atom stereocenters. The van der Waals surface area contributed by atoms with E-state index >= 15 is 0 Å². The van der Waals surface area contributed by atoms with E-state index in [0.717, 1.165) is 16.5 Å². The molecule has 1 aromatic heterocycles. The molecule has 1 heterocycles. The summed E-state index contributed by atoms with van der Waals surface area (Å²) in [7, 11) is 0. The van der Waals surface area contributed by atoms with Gasteiger partial charge in [0.25, 0.3) is 0 Å². The Morgan fingerprint density at radius 3 is 2.64 bits per heavy atom. The monoisotopic (exact) mass is 373 g/mol. The minimum atomic E-state index is -0.376. The number of fused-ring (bicyclic) bond motifs is 1. The predicted octanol–water partition coefficient (Wildman–Crippen LogP) is 5.44. The molecule has 0 saturated heterocycles. The fourth-order valence-electron chi connectivity index (χ4n) is 3.72. The van der Waals surface area contributed by atoms with Crippen LogP contribution in [0.15, 0.2) is 54.6 Å². The van der Waals surface area contributed by atoms with E-state index in [2.05, 4.69) is 36.4 Å². The largest absolute Gasteiger partial charge is 0.393 e. The van der Waals surface area contributed by atoms with E-state index in [1.807, 2.05) is 25.1 Å². The van der Waals surface area contributed by atoms with Gasteiger partial charge >= 0.3 is 0 Å². The number of hydrogen-bond acceptors (Lipinski definition) is 3. The quantitative estimate of drug-likeness (QED) is 0.572. The van der Waals surface area contributed by atoms with Crippen molar-refractivity contribution >= 4 is 16.7 Å². The average molecular weight is 373 g/mol. The number of carbonyl (C=O) groups is 1. The highest BCUT2D eigenvalue weighted by atomic mass is 16.3. The molecule has 1 atom stereocenters. The van der Waals surface area contributed by atoms with Gasteiger partial charge in [-0.2, -0.15) is 0 Å². The van der Waals surface area contributed by atoms with Crippen LogP contribution in [0.2, 0.25) is 0 Å². The van der Waals surface area contributed by atoms with Crippen molar-refractivity contribution in [3.63, 3.8) is 0 Å². The van der Waals surface area contributed by atoms with Gasteiger partial charge in [0.15, 0.2) is 0 Å². The van der Waals surface area contributed by atoms with Crippen LogP contribution < -0.4 is 0 Å². The molecule has 4 rings (SSSR count). The maximum atomic E-state index is 12.3. The molecule has 1 fully saturated rings. The zero-order valence-electron chi connectivity index (χ0n) is 16.4. The third-order valence-corrected chi connectivity index (χ3v) is 5.59. The highest BCUT2D eigenvalue weighted by Gasteiger charge is 2.28. The van der Waals surface area contributed by atoms with Gasteiger partial charge in [0.1, 0.15) is 5.78 Å². The van der Waals surface area contributed by atoms with Crippen LogP contribution in [-0.2, 0) is 11.2 Å². The topological polar surface area (TPSA) is 50.2 Å². The van der Waals surface area contributed by atoms with Gasteiger partial charge in [-0.15, -0.1) is 0 Å². The fourth-order valence-corrected chi connectivity index (χ4v) is 3.72. The average Bonchev–Trinajstić information content (AvgIpc) is 3.57. The molecule has 3 nitrogen and oxygen atoms in total. The number of ketones is 1. The third kappa shape index (κ3) is 4.31. The summed E-state index contributed by atoms with van der Waals surface area (Å²) in [5, 5.41) is 10.8. The Morgan fingerprint density at radius 1 is 1.14 bits per heavy atom. The molecule has 3 aromatic rings. The van der Waals surface area contributed by atoms with Crippen LogP contribution in [0.3, 0.4) is 0 Å². The third-order valence-electron chi connectivity index (χ3n) is 5.59. The lowest BCUT2D eigenvalue weighted by atomic mass is 9.97. The number of pyridine rings is 1. The van der Waals surface area contributed by atoms with Crippen LogP contribution in [0, 0.1) is 0 Å². The van der Waals surface area contributed by atoms with Crippen molar-refractivity contribution in [1.82, 2.24) is 4.98 Å². The number of Topliss-reactive ketones (excluding diaryl/α,β-unsaturated/α-hetero) is 1. The Morgan fingerprint density at radius 2 is 1.93 bits per heavy atom. The molecule has 2 aromatic carbocycles. The molecule has 1 N–H and O–H groups in total. The summed E-state index contributed by atoms with van der Waals surface area (Å²) in [5.41, 5.74) is 5.64. The van der Waals surface area contributed by atoms with Crippen LogP contribution in [0.1, 0.15) is 56.2 Å². The normalized spacial score (nSPS) is 14.9. The van der Waals surface area contributed by atoms with Crippen molar-refractivity contribution in [3.05, 3.63) is 65.9 Å². The van der Waals surface area contributed by atoms with E-state index in [-0.39, 0.29) is 11.9 Å². The van der Waals surface area contributed by atoms with Crippen molar-refractivity contribution < 1.29 is 9.90 Å². The Hall–Kier alpha value is -2.52. The summed E-state index contributed by atoms with van der Waals surface area (Å²) in [4.78, 5) is 17.3. The van der Waals surface area contributed by atoms with Gasteiger partial charge in [-0.25, -0.2) is 0 Å². The van der Waals surface area contributed by atoms with Crippen LogP contribution >= 0.6 is 0 Å². The zero-order valence-corrected chi connectivity index (χ0v) is 16.4. The van der Waals surface area contributed by atoms with Crippen LogP contribution in [0.25, 0.3) is 22.0 Å². The van der Waals surface area contributed by atoms with Gasteiger partial charge in [-0.1, -0.05) is 43.3 Å². The lowest BCUT2D eigenvalue weighted by molar-refractivity contribution is -0.119. The number of benzene rings is 2. The minimum Gasteiger partial charge on any atom is -0.393 e. The summed E-state index contributed by atoms with van der Waals surface area (Å²) >= 11 is 0. The molecular weight excluding hydrogens is 346 g/mol. The van der Waals surface area contributed by atoms with E-state index in [4.69, 9.17) is 4.98 Å². The number of aliphatic hydroxyl groups excluding tert-OH is 1. The first-order chi connectivity index (χ1) is 13.6. The van der Waals surface area contributed by atoms with E-state index in [1.54, 1.807) is 0 Å². The molecular formula is C25H27NO2. The van der Waals surface area contributed by atoms with Crippen molar-refractivity contribution in [2.75, 3.05) is 0 Å². The maximum Gasteiger partial charge on any atom is 0.137 e. The SMILES string of the molecule is CCC(O)CCC(=O)Cc1ccc2nc(C3CC3)c(-c3ccccc3)cc2c1. The number of carbonyl (C=O) groups excluding carboxylic acids is 1. The number of aromatic nitrogens is 1. The minimum absolute atomic E-state index is 0.178. The van der Waals surface area contributed by atoms with Gasteiger partial charge in [0, 0.05) is 29.7 Å². The summed E-state index contributed by atoms with van der Waals surface area (Å²) in [5.74, 6) is 0.753. The molecule has 0 spiro atoms. The second-order valence-electron chi connectivity index (χ2n) is 7.90. The van der Waals surface area contributed by atoms with Gasteiger partial charge in [-0.05, 0) is 55.0 Å². The Kier molecular flexibility index (Phi) is 5.54. The van der Waals surface area contributed by atoms with Gasteiger partial charge in [0.2, 0.25) is 0 Å². The highest BCUT2D eigenvalue weighted by Crippen LogP contribution is 2.44. The smallest absolute Gasteiger partial charge is 0.137 e. The summed E-state index contributed by atoms with van der Waals surface area (Å²) in [6.07, 6.45) is 4.15. The molecule has 0 amide bonds. The summed E-state index contributed by atoms with van der Waals surface area (Å²) in [6.45, 7) is 1.94. The predicted molar refractivity (Wildman–Crippen MR) is 113 cm³/mol. The van der Waals surface area contributed by atoms with Crippen molar-refractivity contribution in [2.24, 2.45) is 0 Å². The molecule has 1 saturated carbocycles. The van der Waals surface area contributed by atoms with E-state index in [9.17, 15) is 9.90 Å². The van der Waals surface area contributed by atoms with Crippen LogP contribution in [-0.4, -0.2) is 22.0 Å². The van der Waals surface area contributed by atoms with Gasteiger partial charge in [0.05, 0.1) is 17.3 Å². The Balaban J connectivity index is 1.62. The number of nitrogens with zero attached hydrogens (tertiary/aromatic N) is 1. The van der Waals surface area contributed by atoms with E-state index in [1.165, 1.54) is 29.7 Å². The van der Waals surface area contributed by atoms with E-state index < -0.39 is 0 Å². The molecule has 28 heavy (non-hydrogen) atoms. The lowest BCUT2D eigenvalue weighted by Crippen LogP contribution is -2.10. The lowest BCUT2D eigenvalue weighted by Gasteiger charge is -2.12. The van der Waals surface area contributed by atoms with Crippen LogP contribution in [0.4, 0.5) is 0 Å². The zero-order chi connectivity index (χ0) is 19.5. The molecule has 3 heteroatoms. The van der Waals surface area contributed by atoms with Gasteiger partial charge < -0.3 is 5.11 Å². The maximum absolute atomic E-state index is 12.3. The van der Waals surface area contributed by atoms with Crippen molar-refractivity contribution in [1.29, 1.82) is 0 Å². The standard InChI is InChI=1S/C25H27NO2/c1-2-21(27)11-12-22(28)15-17-8-13-24-20(14-17)16-23(18-6-4-3-5-7-18)25(26-24)19-9-10-19/h3-8,13-14,16,19,21,27H,2,9-12,15H2,1H3. The highest BCUT2D eigenvalue weighted by molar-refractivity contribution is 5.88. The Bertz CT molecular complexity index is 977. The number of hydrogen-bond donors (Lipinski definition) is 1. The molecule has 0 aliphatic heterocycles. The first-order valence-electron chi connectivity index (χ1n) is 10.3. The van der Waals surface area contributed by atoms with Gasteiger partial charge in [-0.3, -0.25) is 9.78 Å². The number of rotatable bonds is 8. The second-order valence-corrected chi connectivity index (χ2v) is 7.90. The molecule has 1 aliphatic carbocycles. The first kappa shape index (κ1) is 18.8. The van der Waals surface area contributed by atoms with Crippen LogP contribution in [0.5, 0.6) is 0 Å². The first-order valence-corrected chi connectivity index (χ1v) is 10.3. The molecule has 144 valence electrons. The summed E-state index contributed by atoms with van der Waals surface area (Å²) < 4.78 is 0. The van der Waals surface area contributed by atoms with Crippen molar-refractivity contribution in [3.8, 4) is 11.1 Å². The molecule has 0 bridgehead atoms. The molecule has 0 radical (unpaired) electrons. The molecule has 1 aliphatic rings. The van der Waals surface area contributed by atoms with E-state index in [0.29, 0.717) is 31.6 Å². The van der Waals surface area contributed by atoms with Crippen molar-refractivity contribution in [2.45, 2.75) is 57.5 Å².